The number of aromatic nitrogens is 3. The Bertz CT molecular complexity index is 1050. The second kappa shape index (κ2) is 7.56. The summed E-state index contributed by atoms with van der Waals surface area (Å²) in [5, 5.41) is 8.05. The fraction of sp³-hybridized carbons (Fsp3) is 0.350. The predicted octanol–water partition coefficient (Wildman–Crippen LogP) is 2.73. The largest absolute Gasteiger partial charge is 0.352 e. The summed E-state index contributed by atoms with van der Waals surface area (Å²) >= 11 is 5.95. The van der Waals surface area contributed by atoms with Crippen molar-refractivity contribution < 1.29 is 4.79 Å². The third-order valence-corrected chi connectivity index (χ3v) is 5.23. The number of carbonyl (C=O) groups is 1. The highest BCUT2D eigenvalue weighted by Crippen LogP contribution is 2.22. The third-order valence-electron chi connectivity index (χ3n) is 4.99. The lowest BCUT2D eigenvalue weighted by atomic mass is 9.97. The van der Waals surface area contributed by atoms with Crippen molar-refractivity contribution in [2.45, 2.75) is 45.2 Å². The molecule has 0 spiro atoms. The van der Waals surface area contributed by atoms with E-state index in [9.17, 15) is 9.59 Å². The molecule has 0 aliphatic heterocycles. The third kappa shape index (κ3) is 3.76. The minimum Gasteiger partial charge on any atom is -0.352 e. The van der Waals surface area contributed by atoms with Crippen LogP contribution < -0.4 is 10.9 Å². The highest BCUT2D eigenvalue weighted by molar-refractivity contribution is 6.30. The molecule has 3 aromatic rings. The second-order valence-corrected chi connectivity index (χ2v) is 7.32. The van der Waals surface area contributed by atoms with Crippen LogP contribution in [0.4, 0.5) is 0 Å². The summed E-state index contributed by atoms with van der Waals surface area (Å²) in [6, 6.07) is 7.38. The molecular formula is C20H21ClN4O2. The van der Waals surface area contributed by atoms with Gasteiger partial charge in [0.05, 0.1) is 5.69 Å². The van der Waals surface area contributed by atoms with Gasteiger partial charge in [0.1, 0.15) is 5.52 Å². The fourth-order valence-corrected chi connectivity index (χ4v) is 3.80. The van der Waals surface area contributed by atoms with Gasteiger partial charge in [0.15, 0.2) is 0 Å². The van der Waals surface area contributed by atoms with E-state index >= 15 is 0 Å². The number of hydrogen-bond donors (Lipinski definition) is 1. The van der Waals surface area contributed by atoms with Crippen molar-refractivity contribution in [2.24, 2.45) is 0 Å². The van der Waals surface area contributed by atoms with E-state index in [1.54, 1.807) is 27.5 Å². The lowest BCUT2D eigenvalue weighted by Gasteiger charge is -2.10. The molecule has 0 unspecified atom stereocenters. The van der Waals surface area contributed by atoms with Gasteiger partial charge in [-0.2, -0.15) is 5.10 Å². The zero-order valence-corrected chi connectivity index (χ0v) is 15.7. The summed E-state index contributed by atoms with van der Waals surface area (Å²) in [5.74, 6) is -0.0997. The van der Waals surface area contributed by atoms with E-state index in [0.717, 1.165) is 42.5 Å². The maximum atomic E-state index is 12.8. The van der Waals surface area contributed by atoms with Gasteiger partial charge < -0.3 is 9.88 Å². The van der Waals surface area contributed by atoms with E-state index < -0.39 is 0 Å². The van der Waals surface area contributed by atoms with Gasteiger partial charge in [-0.1, -0.05) is 23.7 Å². The highest BCUT2D eigenvalue weighted by atomic mass is 35.5. The molecule has 27 heavy (non-hydrogen) atoms. The van der Waals surface area contributed by atoms with Gasteiger partial charge >= 0.3 is 0 Å². The van der Waals surface area contributed by atoms with Crippen LogP contribution in [0.5, 0.6) is 0 Å². The Morgan fingerprint density at radius 2 is 2.07 bits per heavy atom. The number of benzene rings is 1. The Balaban J connectivity index is 1.43. The molecule has 1 aromatic carbocycles. The maximum Gasteiger partial charge on any atom is 0.276 e. The first-order valence-corrected chi connectivity index (χ1v) is 9.60. The molecule has 2 heterocycles. The van der Waals surface area contributed by atoms with Crippen molar-refractivity contribution in [1.82, 2.24) is 19.5 Å². The number of hydrogen-bond acceptors (Lipinski definition) is 3. The molecule has 2 aromatic heterocycles. The zero-order chi connectivity index (χ0) is 18.8. The lowest BCUT2D eigenvalue weighted by molar-refractivity contribution is -0.121. The first kappa shape index (κ1) is 17.8. The van der Waals surface area contributed by atoms with Gasteiger partial charge in [-0.05, 0) is 43.4 Å². The number of nitrogens with zero attached hydrogens (tertiary/aromatic N) is 3. The Labute approximate surface area is 161 Å². The standard InChI is InChI=1S/C20H21ClN4O2/c21-15-5-3-4-14(12-15)13-22-18(26)8-9-24-10-11-25-19(20(24)27)16-6-1-2-7-17(16)23-25/h3-5,10-12H,1-2,6-9,13H2,(H,22,26). The summed E-state index contributed by atoms with van der Waals surface area (Å²) in [6.45, 7) is 0.764. The van der Waals surface area contributed by atoms with Gasteiger partial charge in [-0.3, -0.25) is 9.59 Å². The van der Waals surface area contributed by atoms with E-state index in [2.05, 4.69) is 10.4 Å². The number of amides is 1. The van der Waals surface area contributed by atoms with E-state index in [0.29, 0.717) is 23.6 Å². The van der Waals surface area contributed by atoms with Crippen molar-refractivity contribution in [3.05, 3.63) is 68.9 Å². The quantitative estimate of drug-likeness (QED) is 0.735. The van der Waals surface area contributed by atoms with Crippen LogP contribution in [0.3, 0.4) is 0 Å². The van der Waals surface area contributed by atoms with Crippen LogP contribution >= 0.6 is 11.6 Å². The average molecular weight is 385 g/mol. The van der Waals surface area contributed by atoms with Crippen LogP contribution in [-0.2, 0) is 30.7 Å². The van der Waals surface area contributed by atoms with Crippen LogP contribution in [0.1, 0.15) is 36.1 Å². The number of fused-ring (bicyclic) bond motifs is 3. The molecule has 7 heteroatoms. The van der Waals surface area contributed by atoms with Crippen molar-refractivity contribution >= 4 is 23.0 Å². The van der Waals surface area contributed by atoms with Crippen LogP contribution in [-0.4, -0.2) is 20.1 Å². The van der Waals surface area contributed by atoms with E-state index in [4.69, 9.17) is 11.6 Å². The minimum atomic E-state index is -0.0997. The number of halogens is 1. The molecule has 1 aliphatic rings. The molecule has 0 saturated heterocycles. The Morgan fingerprint density at radius 1 is 1.22 bits per heavy atom. The van der Waals surface area contributed by atoms with E-state index in [1.807, 2.05) is 18.2 Å². The first-order chi connectivity index (χ1) is 13.1. The van der Waals surface area contributed by atoms with Crippen molar-refractivity contribution in [1.29, 1.82) is 0 Å². The molecule has 0 radical (unpaired) electrons. The molecule has 0 fully saturated rings. The number of rotatable bonds is 5. The molecule has 0 saturated carbocycles. The molecule has 1 aliphatic carbocycles. The molecule has 0 atom stereocenters. The molecule has 1 amide bonds. The van der Waals surface area contributed by atoms with Gasteiger partial charge in [0, 0.05) is 42.5 Å². The number of nitrogens with one attached hydrogen (secondary N) is 1. The normalized spacial score (nSPS) is 13.5. The van der Waals surface area contributed by atoms with E-state index in [1.165, 1.54) is 0 Å². The monoisotopic (exact) mass is 384 g/mol. The van der Waals surface area contributed by atoms with Gasteiger partial charge in [0.25, 0.3) is 5.56 Å². The van der Waals surface area contributed by atoms with Crippen LogP contribution in [0, 0.1) is 0 Å². The van der Waals surface area contributed by atoms with Gasteiger partial charge in [0.2, 0.25) is 5.91 Å². The number of aryl methyl sites for hydroxylation is 3. The van der Waals surface area contributed by atoms with Crippen LogP contribution in [0.15, 0.2) is 41.5 Å². The van der Waals surface area contributed by atoms with Crippen molar-refractivity contribution in [3.8, 4) is 0 Å². The summed E-state index contributed by atoms with van der Waals surface area (Å²) in [7, 11) is 0. The van der Waals surface area contributed by atoms with Crippen molar-refractivity contribution in [2.75, 3.05) is 0 Å². The summed E-state index contributed by atoms with van der Waals surface area (Å²) in [6.07, 6.45) is 7.80. The molecule has 6 nitrogen and oxygen atoms in total. The average Bonchev–Trinajstić information content (AvgIpc) is 3.05. The smallest absolute Gasteiger partial charge is 0.276 e. The first-order valence-electron chi connectivity index (χ1n) is 9.22. The molecule has 4 rings (SSSR count). The molecule has 1 N–H and O–H groups in total. The SMILES string of the molecule is O=C(CCn1ccn2nc3c(c2c1=O)CCCC3)NCc1cccc(Cl)c1. The summed E-state index contributed by atoms with van der Waals surface area (Å²) in [5.41, 5.74) is 3.64. The van der Waals surface area contributed by atoms with E-state index in [-0.39, 0.29) is 17.9 Å². The fourth-order valence-electron chi connectivity index (χ4n) is 3.59. The van der Waals surface area contributed by atoms with Gasteiger partial charge in [-0.25, -0.2) is 4.52 Å². The molecule has 0 bridgehead atoms. The second-order valence-electron chi connectivity index (χ2n) is 6.88. The Kier molecular flexibility index (Phi) is 4.99. The van der Waals surface area contributed by atoms with Crippen molar-refractivity contribution in [3.63, 3.8) is 0 Å². The molecular weight excluding hydrogens is 364 g/mol. The summed E-state index contributed by atoms with van der Waals surface area (Å²) < 4.78 is 3.29. The van der Waals surface area contributed by atoms with Gasteiger partial charge in [-0.15, -0.1) is 0 Å². The van der Waals surface area contributed by atoms with Crippen LogP contribution in [0.2, 0.25) is 5.02 Å². The highest BCUT2D eigenvalue weighted by Gasteiger charge is 2.19. The maximum absolute atomic E-state index is 12.8. The Morgan fingerprint density at radius 3 is 2.93 bits per heavy atom. The predicted molar refractivity (Wildman–Crippen MR) is 104 cm³/mol. The Hall–Kier alpha value is -2.60. The summed E-state index contributed by atoms with van der Waals surface area (Å²) in [4.78, 5) is 25.0. The minimum absolute atomic E-state index is 0.0733. The molecule has 140 valence electrons. The lowest BCUT2D eigenvalue weighted by Crippen LogP contribution is -2.27. The topological polar surface area (TPSA) is 68.4 Å². The van der Waals surface area contributed by atoms with Crippen LogP contribution in [0.25, 0.3) is 5.52 Å². The zero-order valence-electron chi connectivity index (χ0n) is 14.9. The number of carbonyl (C=O) groups excluding carboxylic acids is 1.